The molecular formula is C10H11O2. The molecule has 0 aromatic heterocycles. The third-order valence-electron chi connectivity index (χ3n) is 1.69. The molecule has 0 aliphatic rings. The van der Waals surface area contributed by atoms with Crippen molar-refractivity contribution in [1.29, 1.82) is 0 Å². The highest BCUT2D eigenvalue weighted by Crippen LogP contribution is 2.14. The summed E-state index contributed by atoms with van der Waals surface area (Å²) in [5, 5.41) is 8.68. The number of carboxylic acids is 1. The number of carbonyl (C=O) groups is 1. The zero-order chi connectivity index (χ0) is 9.14. The van der Waals surface area contributed by atoms with Crippen molar-refractivity contribution in [2.45, 2.75) is 13.8 Å². The van der Waals surface area contributed by atoms with Crippen LogP contribution in [0.15, 0.2) is 24.3 Å². The van der Waals surface area contributed by atoms with Gasteiger partial charge in [0.25, 0.3) is 0 Å². The second kappa shape index (κ2) is 3.39. The third kappa shape index (κ3) is 1.84. The van der Waals surface area contributed by atoms with E-state index >= 15 is 0 Å². The first-order valence-corrected chi connectivity index (χ1v) is 3.75. The fraction of sp³-hybridized carbons (Fsp3) is 0.200. The van der Waals surface area contributed by atoms with Crippen molar-refractivity contribution in [1.82, 2.24) is 0 Å². The van der Waals surface area contributed by atoms with Gasteiger partial charge in [0.15, 0.2) is 0 Å². The van der Waals surface area contributed by atoms with Crippen molar-refractivity contribution in [3.63, 3.8) is 0 Å². The van der Waals surface area contributed by atoms with Gasteiger partial charge in [-0.25, -0.2) is 4.79 Å². The molecule has 0 saturated heterocycles. The Morgan fingerprint density at radius 3 is 2.33 bits per heavy atom. The predicted octanol–water partition coefficient (Wildman–Crippen LogP) is 2.35. The molecule has 0 amide bonds. The Labute approximate surface area is 71.8 Å². The van der Waals surface area contributed by atoms with Crippen LogP contribution in [-0.4, -0.2) is 11.1 Å². The molecular weight excluding hydrogens is 152 g/mol. The first kappa shape index (κ1) is 8.78. The normalized spacial score (nSPS) is 10.2. The van der Waals surface area contributed by atoms with Crippen molar-refractivity contribution >= 4 is 5.97 Å². The fourth-order valence-electron chi connectivity index (χ4n) is 0.963. The van der Waals surface area contributed by atoms with Gasteiger partial charge in [0.2, 0.25) is 0 Å². The van der Waals surface area contributed by atoms with Gasteiger partial charge in [-0.05, 0) is 23.6 Å². The van der Waals surface area contributed by atoms with E-state index in [9.17, 15) is 4.79 Å². The average Bonchev–Trinajstić information content (AvgIpc) is 2.04. The van der Waals surface area contributed by atoms with Gasteiger partial charge in [-0.3, -0.25) is 0 Å². The number of benzene rings is 1. The molecule has 0 saturated carbocycles. The monoisotopic (exact) mass is 163 g/mol. The SMILES string of the molecule is C[C](C)c1cccc(C(=O)O)c1. The lowest BCUT2D eigenvalue weighted by molar-refractivity contribution is 0.0697. The number of aromatic carboxylic acids is 1. The van der Waals surface area contributed by atoms with Crippen LogP contribution in [0.25, 0.3) is 0 Å². The Balaban J connectivity index is 3.04. The summed E-state index contributed by atoms with van der Waals surface area (Å²) in [5.74, 6) is 0.246. The number of hydrogen-bond donors (Lipinski definition) is 1. The van der Waals surface area contributed by atoms with E-state index in [0.717, 1.165) is 11.5 Å². The zero-order valence-corrected chi connectivity index (χ0v) is 7.16. The molecule has 63 valence electrons. The lowest BCUT2D eigenvalue weighted by atomic mass is 10.0. The molecule has 2 nitrogen and oxygen atoms in total. The largest absolute Gasteiger partial charge is 0.478 e. The molecule has 1 N–H and O–H groups in total. The number of hydrogen-bond acceptors (Lipinski definition) is 1. The van der Waals surface area contributed by atoms with Crippen LogP contribution in [0.4, 0.5) is 0 Å². The van der Waals surface area contributed by atoms with E-state index in [4.69, 9.17) is 5.11 Å². The summed E-state index contributed by atoms with van der Waals surface area (Å²) in [5.41, 5.74) is 1.32. The van der Waals surface area contributed by atoms with Gasteiger partial charge in [-0.15, -0.1) is 0 Å². The van der Waals surface area contributed by atoms with E-state index in [-0.39, 0.29) is 0 Å². The average molecular weight is 163 g/mol. The number of rotatable bonds is 2. The van der Waals surface area contributed by atoms with E-state index in [1.54, 1.807) is 18.2 Å². The van der Waals surface area contributed by atoms with Crippen LogP contribution >= 0.6 is 0 Å². The van der Waals surface area contributed by atoms with Crippen LogP contribution in [-0.2, 0) is 0 Å². The summed E-state index contributed by atoms with van der Waals surface area (Å²) >= 11 is 0. The highest BCUT2D eigenvalue weighted by atomic mass is 16.4. The van der Waals surface area contributed by atoms with E-state index in [1.807, 2.05) is 19.9 Å². The van der Waals surface area contributed by atoms with Gasteiger partial charge in [0, 0.05) is 0 Å². The van der Waals surface area contributed by atoms with Crippen LogP contribution in [0.5, 0.6) is 0 Å². The molecule has 1 aromatic rings. The Morgan fingerprint density at radius 2 is 1.83 bits per heavy atom. The first-order chi connectivity index (χ1) is 5.61. The van der Waals surface area contributed by atoms with Crippen molar-refractivity contribution in [3.8, 4) is 0 Å². The molecule has 0 aliphatic carbocycles. The molecule has 0 spiro atoms. The molecule has 0 bridgehead atoms. The molecule has 0 unspecified atom stereocenters. The van der Waals surface area contributed by atoms with E-state index in [1.165, 1.54) is 0 Å². The van der Waals surface area contributed by atoms with E-state index in [0.29, 0.717) is 5.56 Å². The molecule has 2 heteroatoms. The summed E-state index contributed by atoms with van der Waals surface area (Å²) in [7, 11) is 0. The summed E-state index contributed by atoms with van der Waals surface area (Å²) in [6.07, 6.45) is 0. The Morgan fingerprint density at radius 1 is 1.25 bits per heavy atom. The van der Waals surface area contributed by atoms with E-state index in [2.05, 4.69) is 0 Å². The van der Waals surface area contributed by atoms with Crippen LogP contribution < -0.4 is 0 Å². The predicted molar refractivity (Wildman–Crippen MR) is 47.1 cm³/mol. The van der Waals surface area contributed by atoms with Crippen LogP contribution in [0.1, 0.15) is 29.8 Å². The summed E-state index contributed by atoms with van der Waals surface area (Å²) in [6.45, 7) is 3.92. The minimum Gasteiger partial charge on any atom is -0.478 e. The molecule has 1 aromatic carbocycles. The van der Waals surface area contributed by atoms with Gasteiger partial charge in [0.05, 0.1) is 5.56 Å². The Bertz CT molecular complexity index is 290. The molecule has 0 heterocycles. The van der Waals surface area contributed by atoms with Gasteiger partial charge < -0.3 is 5.11 Å². The maximum atomic E-state index is 10.6. The lowest BCUT2D eigenvalue weighted by Crippen LogP contribution is -1.98. The topological polar surface area (TPSA) is 37.3 Å². The maximum Gasteiger partial charge on any atom is 0.335 e. The smallest absolute Gasteiger partial charge is 0.335 e. The molecule has 0 aliphatic heterocycles. The standard InChI is InChI=1S/C10H11O2/c1-7(2)8-4-3-5-9(6-8)10(11)12/h3-6H,1-2H3,(H,11,12). The molecule has 1 radical (unpaired) electrons. The van der Waals surface area contributed by atoms with Crippen LogP contribution in [0, 0.1) is 5.92 Å². The second-order valence-electron chi connectivity index (χ2n) is 2.89. The van der Waals surface area contributed by atoms with Crippen LogP contribution in [0.2, 0.25) is 0 Å². The first-order valence-electron chi connectivity index (χ1n) is 3.75. The van der Waals surface area contributed by atoms with E-state index < -0.39 is 5.97 Å². The molecule has 0 fully saturated rings. The fourth-order valence-corrected chi connectivity index (χ4v) is 0.963. The second-order valence-corrected chi connectivity index (χ2v) is 2.89. The lowest BCUT2D eigenvalue weighted by Gasteiger charge is -2.04. The highest BCUT2D eigenvalue weighted by molar-refractivity contribution is 5.87. The van der Waals surface area contributed by atoms with Crippen molar-refractivity contribution in [2.24, 2.45) is 0 Å². The van der Waals surface area contributed by atoms with Gasteiger partial charge in [-0.2, -0.15) is 0 Å². The zero-order valence-electron chi connectivity index (χ0n) is 7.16. The molecule has 12 heavy (non-hydrogen) atoms. The summed E-state index contributed by atoms with van der Waals surface area (Å²) in [4.78, 5) is 10.6. The Hall–Kier alpha value is -1.31. The van der Waals surface area contributed by atoms with Crippen LogP contribution in [0.3, 0.4) is 0 Å². The highest BCUT2D eigenvalue weighted by Gasteiger charge is 2.04. The van der Waals surface area contributed by atoms with Crippen molar-refractivity contribution < 1.29 is 9.90 Å². The maximum absolute atomic E-state index is 10.6. The third-order valence-corrected chi connectivity index (χ3v) is 1.69. The minimum atomic E-state index is -0.877. The van der Waals surface area contributed by atoms with Gasteiger partial charge in [-0.1, -0.05) is 26.0 Å². The van der Waals surface area contributed by atoms with Gasteiger partial charge in [0.1, 0.15) is 0 Å². The molecule has 1 rings (SSSR count). The number of carboxylic acid groups (broad SMARTS) is 1. The quantitative estimate of drug-likeness (QED) is 0.726. The molecule has 0 atom stereocenters. The Kier molecular flexibility index (Phi) is 2.48. The summed E-state index contributed by atoms with van der Waals surface area (Å²) < 4.78 is 0. The van der Waals surface area contributed by atoms with Crippen molar-refractivity contribution in [2.75, 3.05) is 0 Å². The minimum absolute atomic E-state index is 0.341. The van der Waals surface area contributed by atoms with Gasteiger partial charge >= 0.3 is 5.97 Å². The van der Waals surface area contributed by atoms with Crippen molar-refractivity contribution in [3.05, 3.63) is 41.3 Å². The summed E-state index contributed by atoms with van der Waals surface area (Å²) in [6, 6.07) is 6.93.